The molecule has 2 aromatic carbocycles. The van der Waals surface area contributed by atoms with E-state index in [1.807, 2.05) is 36.4 Å². The molecule has 1 aliphatic heterocycles. The molecule has 0 bridgehead atoms. The minimum absolute atomic E-state index is 0.243. The molecule has 0 spiro atoms. The molecule has 0 atom stereocenters. The number of carboxylic acid groups (broad SMARTS) is 1. The van der Waals surface area contributed by atoms with Gasteiger partial charge in [0.15, 0.2) is 0 Å². The third kappa shape index (κ3) is 3.61. The van der Waals surface area contributed by atoms with Gasteiger partial charge in [-0.3, -0.25) is 4.90 Å². The number of amides is 1. The highest BCUT2D eigenvalue weighted by atomic mass is 32.2. The zero-order chi connectivity index (χ0) is 19.7. The largest absolute Gasteiger partial charge is 0.465 e. The van der Waals surface area contributed by atoms with E-state index in [9.17, 15) is 13.2 Å². The van der Waals surface area contributed by atoms with Crippen molar-refractivity contribution in [2.24, 2.45) is 0 Å². The topological polar surface area (TPSA) is 82.8 Å². The number of hydrogen-bond donors (Lipinski definition) is 1. The van der Waals surface area contributed by atoms with Crippen molar-refractivity contribution in [2.45, 2.75) is 11.4 Å². The number of nitrogens with zero attached hydrogens (tertiary/aromatic N) is 3. The van der Waals surface area contributed by atoms with Crippen LogP contribution in [0.2, 0.25) is 0 Å². The minimum atomic E-state index is -3.64. The first kappa shape index (κ1) is 18.5. The first-order chi connectivity index (χ1) is 13.4. The molecule has 1 N–H and O–H groups in total. The van der Waals surface area contributed by atoms with Crippen LogP contribution in [0.15, 0.2) is 65.8 Å². The van der Waals surface area contributed by atoms with Gasteiger partial charge in [-0.15, -0.1) is 0 Å². The quantitative estimate of drug-likeness (QED) is 0.729. The van der Waals surface area contributed by atoms with E-state index in [0.717, 1.165) is 16.3 Å². The summed E-state index contributed by atoms with van der Waals surface area (Å²) in [6, 6.07) is 14.4. The highest BCUT2D eigenvalue weighted by Crippen LogP contribution is 2.21. The Balaban J connectivity index is 1.47. The Morgan fingerprint density at radius 2 is 1.46 bits per heavy atom. The summed E-state index contributed by atoms with van der Waals surface area (Å²) in [4.78, 5) is 14.8. The highest BCUT2D eigenvalue weighted by molar-refractivity contribution is 7.90. The van der Waals surface area contributed by atoms with Crippen LogP contribution in [-0.2, 0) is 16.6 Å². The Kier molecular flexibility index (Phi) is 4.82. The molecule has 146 valence electrons. The fourth-order valence-electron chi connectivity index (χ4n) is 3.44. The zero-order valence-electron chi connectivity index (χ0n) is 15.2. The number of benzene rings is 2. The standard InChI is InChI=1S/C20H21N3O4S/c24-20(25)22-11-9-21(10-12-22)13-16-5-7-19(8-6-16)28(26,27)23-14-17-3-1-2-4-18(17)15-23/h1-8,14-15H,9-13H2,(H,24,25). The van der Waals surface area contributed by atoms with Gasteiger partial charge in [-0.2, -0.15) is 0 Å². The average Bonchev–Trinajstić information content (AvgIpc) is 3.14. The summed E-state index contributed by atoms with van der Waals surface area (Å²) < 4.78 is 27.1. The molecule has 0 unspecified atom stereocenters. The van der Waals surface area contributed by atoms with Gasteiger partial charge in [0.25, 0.3) is 10.0 Å². The Bertz CT molecular complexity index is 1060. The first-order valence-corrected chi connectivity index (χ1v) is 10.5. The maximum atomic E-state index is 12.9. The normalized spacial score (nSPS) is 15.8. The monoisotopic (exact) mass is 399 g/mol. The predicted molar refractivity (Wildman–Crippen MR) is 106 cm³/mol. The lowest BCUT2D eigenvalue weighted by molar-refractivity contribution is 0.103. The van der Waals surface area contributed by atoms with Crippen LogP contribution in [0.25, 0.3) is 10.8 Å². The molecule has 2 heterocycles. The molecular formula is C20H21N3O4S. The van der Waals surface area contributed by atoms with Crippen LogP contribution in [-0.4, -0.2) is 59.6 Å². The summed E-state index contributed by atoms with van der Waals surface area (Å²) in [6.45, 7) is 2.98. The van der Waals surface area contributed by atoms with E-state index >= 15 is 0 Å². The third-order valence-corrected chi connectivity index (χ3v) is 6.71. The summed E-state index contributed by atoms with van der Waals surface area (Å²) in [6.07, 6.45) is 2.37. The van der Waals surface area contributed by atoms with E-state index in [1.54, 1.807) is 24.5 Å². The number of rotatable bonds is 4. The van der Waals surface area contributed by atoms with Crippen LogP contribution in [0.1, 0.15) is 5.56 Å². The summed E-state index contributed by atoms with van der Waals surface area (Å²) in [5.74, 6) is 0. The second kappa shape index (κ2) is 7.29. The fourth-order valence-corrected chi connectivity index (χ4v) is 4.67. The van der Waals surface area contributed by atoms with Crippen molar-refractivity contribution in [1.29, 1.82) is 0 Å². The van der Waals surface area contributed by atoms with Crippen LogP contribution in [0.3, 0.4) is 0 Å². The minimum Gasteiger partial charge on any atom is -0.465 e. The average molecular weight is 399 g/mol. The Morgan fingerprint density at radius 3 is 2.00 bits per heavy atom. The van der Waals surface area contributed by atoms with Crippen molar-refractivity contribution in [1.82, 2.24) is 13.8 Å². The lowest BCUT2D eigenvalue weighted by Crippen LogP contribution is -2.47. The van der Waals surface area contributed by atoms with Crippen LogP contribution < -0.4 is 0 Å². The summed E-state index contributed by atoms with van der Waals surface area (Å²) in [5, 5.41) is 10.8. The Morgan fingerprint density at radius 1 is 0.893 bits per heavy atom. The Labute approximate surface area is 163 Å². The SMILES string of the molecule is O=C(O)N1CCN(Cc2ccc(S(=O)(=O)n3cc4ccccc4c3)cc2)CC1. The lowest BCUT2D eigenvalue weighted by Gasteiger charge is -2.33. The third-order valence-electron chi connectivity index (χ3n) is 5.08. The molecule has 4 rings (SSSR count). The van der Waals surface area contributed by atoms with Gasteiger partial charge in [-0.1, -0.05) is 36.4 Å². The predicted octanol–water partition coefficient (Wildman–Crippen LogP) is 2.67. The van der Waals surface area contributed by atoms with Gasteiger partial charge >= 0.3 is 6.09 Å². The van der Waals surface area contributed by atoms with Crippen molar-refractivity contribution in [3.05, 3.63) is 66.5 Å². The lowest BCUT2D eigenvalue weighted by atomic mass is 10.2. The molecule has 1 saturated heterocycles. The van der Waals surface area contributed by atoms with E-state index in [2.05, 4.69) is 4.90 Å². The molecule has 0 radical (unpaired) electrons. The molecular weight excluding hydrogens is 378 g/mol. The zero-order valence-corrected chi connectivity index (χ0v) is 16.0. The van der Waals surface area contributed by atoms with Gasteiger partial charge in [0.2, 0.25) is 0 Å². The summed E-state index contributed by atoms with van der Waals surface area (Å²) in [5.41, 5.74) is 1.00. The second-order valence-electron chi connectivity index (χ2n) is 6.91. The molecule has 8 heteroatoms. The van der Waals surface area contributed by atoms with E-state index in [4.69, 9.17) is 5.11 Å². The maximum Gasteiger partial charge on any atom is 0.407 e. The first-order valence-electron chi connectivity index (χ1n) is 9.05. The number of fused-ring (bicyclic) bond motifs is 1. The maximum absolute atomic E-state index is 12.9. The fraction of sp³-hybridized carbons (Fsp3) is 0.250. The second-order valence-corrected chi connectivity index (χ2v) is 8.75. The number of carbonyl (C=O) groups is 1. The molecule has 1 amide bonds. The van der Waals surface area contributed by atoms with Gasteiger partial charge in [0, 0.05) is 55.9 Å². The van der Waals surface area contributed by atoms with Crippen LogP contribution in [0, 0.1) is 0 Å². The van der Waals surface area contributed by atoms with Gasteiger partial charge in [-0.05, 0) is 17.7 Å². The van der Waals surface area contributed by atoms with Crippen molar-refractivity contribution in [2.75, 3.05) is 26.2 Å². The van der Waals surface area contributed by atoms with Gasteiger partial charge in [0.1, 0.15) is 0 Å². The highest BCUT2D eigenvalue weighted by Gasteiger charge is 2.21. The van der Waals surface area contributed by atoms with E-state index in [0.29, 0.717) is 32.7 Å². The Hall–Kier alpha value is -2.84. The van der Waals surface area contributed by atoms with Crippen LogP contribution in [0.5, 0.6) is 0 Å². The molecule has 0 saturated carbocycles. The van der Waals surface area contributed by atoms with Crippen molar-refractivity contribution < 1.29 is 18.3 Å². The molecule has 1 aliphatic rings. The van der Waals surface area contributed by atoms with Crippen molar-refractivity contribution >= 4 is 26.9 Å². The van der Waals surface area contributed by atoms with E-state index in [1.165, 1.54) is 8.87 Å². The number of piperazine rings is 1. The molecule has 0 aliphatic carbocycles. The number of hydrogen-bond acceptors (Lipinski definition) is 4. The molecule has 1 fully saturated rings. The van der Waals surface area contributed by atoms with Crippen LogP contribution in [0.4, 0.5) is 4.79 Å². The van der Waals surface area contributed by atoms with Crippen molar-refractivity contribution in [3.63, 3.8) is 0 Å². The summed E-state index contributed by atoms with van der Waals surface area (Å²) in [7, 11) is -3.64. The van der Waals surface area contributed by atoms with Crippen LogP contribution >= 0.6 is 0 Å². The van der Waals surface area contributed by atoms with Gasteiger partial charge < -0.3 is 10.0 Å². The number of aromatic nitrogens is 1. The smallest absolute Gasteiger partial charge is 0.407 e. The van der Waals surface area contributed by atoms with Crippen molar-refractivity contribution in [3.8, 4) is 0 Å². The van der Waals surface area contributed by atoms with E-state index < -0.39 is 16.1 Å². The molecule has 28 heavy (non-hydrogen) atoms. The van der Waals surface area contributed by atoms with E-state index in [-0.39, 0.29) is 4.90 Å². The molecule has 1 aromatic heterocycles. The van der Waals surface area contributed by atoms with Gasteiger partial charge in [0.05, 0.1) is 4.90 Å². The molecule has 3 aromatic rings. The molecule has 7 nitrogen and oxygen atoms in total. The summed E-state index contributed by atoms with van der Waals surface area (Å²) >= 11 is 0. The van der Waals surface area contributed by atoms with Gasteiger partial charge in [-0.25, -0.2) is 17.2 Å².